The van der Waals surface area contributed by atoms with Gasteiger partial charge in [-0.3, -0.25) is 0 Å². The van der Waals surface area contributed by atoms with E-state index < -0.39 is 6.16 Å². The molecule has 1 N–H and O–H groups in total. The van der Waals surface area contributed by atoms with Crippen molar-refractivity contribution in [1.29, 1.82) is 0 Å². The molecule has 0 radical (unpaired) electrons. The van der Waals surface area contributed by atoms with Gasteiger partial charge in [0.25, 0.3) is 0 Å². The molecule has 14 heavy (non-hydrogen) atoms. The molecular weight excluding hydrogens is 180 g/mol. The maximum Gasteiger partial charge on any atom is 0.506 e. The Morgan fingerprint density at radius 3 is 2.36 bits per heavy atom. The second-order valence-electron chi connectivity index (χ2n) is 3.64. The quantitative estimate of drug-likeness (QED) is 0.480. The number of ether oxygens (including phenoxy) is 1. The molecule has 0 aliphatic rings. The minimum Gasteiger partial charge on any atom is -0.450 e. The van der Waals surface area contributed by atoms with Crippen molar-refractivity contribution in [3.8, 4) is 0 Å². The lowest BCUT2D eigenvalue weighted by Crippen LogP contribution is -2.16. The highest BCUT2D eigenvalue weighted by Gasteiger charge is 2.11. The average molecular weight is 202 g/mol. The fraction of sp³-hybridized carbons (Fsp3) is 0.909. The molecule has 0 unspecified atom stereocenters. The minimum atomic E-state index is -1.14. The second-order valence-corrected chi connectivity index (χ2v) is 3.64. The largest absolute Gasteiger partial charge is 0.506 e. The van der Waals surface area contributed by atoms with Crippen LogP contribution in [-0.2, 0) is 4.74 Å². The summed E-state index contributed by atoms with van der Waals surface area (Å²) in [6, 6.07) is 0. The summed E-state index contributed by atoms with van der Waals surface area (Å²) < 4.78 is 4.79. The lowest BCUT2D eigenvalue weighted by atomic mass is 10.1. The summed E-state index contributed by atoms with van der Waals surface area (Å²) >= 11 is 0. The van der Waals surface area contributed by atoms with Gasteiger partial charge in [0.15, 0.2) is 0 Å². The second kappa shape index (κ2) is 8.85. The molecule has 0 aromatic carbocycles. The molecule has 0 fully saturated rings. The van der Waals surface area contributed by atoms with Crippen LogP contribution in [0.3, 0.4) is 0 Å². The van der Waals surface area contributed by atoms with Crippen LogP contribution in [0.2, 0.25) is 0 Å². The third-order valence-electron chi connectivity index (χ3n) is 2.26. The summed E-state index contributed by atoms with van der Waals surface area (Å²) in [5.74, 6) is 0. The smallest absolute Gasteiger partial charge is 0.450 e. The number of rotatable bonds is 8. The molecule has 0 aliphatic heterocycles. The SMILES string of the molecule is CCCCCC[C@@H](CCC)OC(=O)O. The van der Waals surface area contributed by atoms with Crippen molar-refractivity contribution in [3.05, 3.63) is 0 Å². The molecule has 0 rings (SSSR count). The van der Waals surface area contributed by atoms with Crippen LogP contribution in [0.15, 0.2) is 0 Å². The standard InChI is InChI=1S/C11H22O3/c1-3-5-6-7-9-10(8-4-2)14-11(12)13/h10H,3-9H2,1-2H3,(H,12,13)/t10-/m1/s1. The first-order chi connectivity index (χ1) is 6.70. The molecule has 3 nitrogen and oxygen atoms in total. The highest BCUT2D eigenvalue weighted by Crippen LogP contribution is 2.12. The van der Waals surface area contributed by atoms with E-state index in [0.29, 0.717) is 0 Å². The lowest BCUT2D eigenvalue weighted by Gasteiger charge is -2.14. The van der Waals surface area contributed by atoms with Gasteiger partial charge in [0.1, 0.15) is 6.10 Å². The zero-order valence-electron chi connectivity index (χ0n) is 9.29. The summed E-state index contributed by atoms with van der Waals surface area (Å²) in [5, 5.41) is 8.49. The van der Waals surface area contributed by atoms with Gasteiger partial charge in [-0.05, 0) is 19.3 Å². The van der Waals surface area contributed by atoms with E-state index in [0.717, 1.165) is 25.7 Å². The van der Waals surface area contributed by atoms with Crippen LogP contribution in [0.4, 0.5) is 4.79 Å². The van der Waals surface area contributed by atoms with Gasteiger partial charge in [-0.15, -0.1) is 0 Å². The first kappa shape index (κ1) is 13.3. The predicted octanol–water partition coefficient (Wildman–Crippen LogP) is 3.82. The summed E-state index contributed by atoms with van der Waals surface area (Å²) in [7, 11) is 0. The van der Waals surface area contributed by atoms with Gasteiger partial charge in [0.2, 0.25) is 0 Å². The minimum absolute atomic E-state index is 0.0886. The molecule has 0 spiro atoms. The van der Waals surface area contributed by atoms with Gasteiger partial charge in [0.05, 0.1) is 0 Å². The van der Waals surface area contributed by atoms with Crippen molar-refractivity contribution in [1.82, 2.24) is 0 Å². The van der Waals surface area contributed by atoms with Gasteiger partial charge in [-0.1, -0.05) is 39.5 Å². The Bertz CT molecular complexity index is 145. The Balaban J connectivity index is 3.56. The van der Waals surface area contributed by atoms with Crippen LogP contribution in [0.25, 0.3) is 0 Å². The molecule has 0 aromatic rings. The van der Waals surface area contributed by atoms with Crippen molar-refractivity contribution in [2.45, 2.75) is 64.9 Å². The van der Waals surface area contributed by atoms with Crippen LogP contribution in [-0.4, -0.2) is 17.4 Å². The Morgan fingerprint density at radius 1 is 1.14 bits per heavy atom. The fourth-order valence-corrected chi connectivity index (χ4v) is 1.53. The molecule has 84 valence electrons. The molecule has 0 amide bonds. The summed E-state index contributed by atoms with van der Waals surface area (Å²) in [5.41, 5.74) is 0. The zero-order chi connectivity index (χ0) is 10.8. The molecule has 0 aromatic heterocycles. The van der Waals surface area contributed by atoms with Crippen molar-refractivity contribution in [2.24, 2.45) is 0 Å². The van der Waals surface area contributed by atoms with E-state index in [9.17, 15) is 4.79 Å². The van der Waals surface area contributed by atoms with E-state index in [-0.39, 0.29) is 6.10 Å². The van der Waals surface area contributed by atoms with E-state index in [1.54, 1.807) is 0 Å². The first-order valence-electron chi connectivity index (χ1n) is 5.60. The van der Waals surface area contributed by atoms with Crippen LogP contribution in [0, 0.1) is 0 Å². The Morgan fingerprint density at radius 2 is 1.86 bits per heavy atom. The van der Waals surface area contributed by atoms with Crippen LogP contribution in [0.1, 0.15) is 58.8 Å². The number of hydrogen-bond acceptors (Lipinski definition) is 2. The number of unbranched alkanes of at least 4 members (excludes halogenated alkanes) is 3. The third kappa shape index (κ3) is 7.90. The third-order valence-corrected chi connectivity index (χ3v) is 2.26. The monoisotopic (exact) mass is 202 g/mol. The normalized spacial score (nSPS) is 12.4. The molecule has 1 atom stereocenters. The summed E-state index contributed by atoms with van der Waals surface area (Å²) in [4.78, 5) is 10.4. The molecule has 0 bridgehead atoms. The number of carbonyl (C=O) groups is 1. The Labute approximate surface area is 86.5 Å². The Hall–Kier alpha value is -0.730. The van der Waals surface area contributed by atoms with Gasteiger partial charge in [-0.25, -0.2) is 4.79 Å². The predicted molar refractivity (Wildman–Crippen MR) is 56.6 cm³/mol. The zero-order valence-corrected chi connectivity index (χ0v) is 9.29. The summed E-state index contributed by atoms with van der Waals surface area (Å²) in [6.07, 6.45) is 6.16. The topological polar surface area (TPSA) is 46.5 Å². The van der Waals surface area contributed by atoms with Gasteiger partial charge in [0, 0.05) is 0 Å². The van der Waals surface area contributed by atoms with Gasteiger partial charge < -0.3 is 9.84 Å². The van der Waals surface area contributed by atoms with Gasteiger partial charge >= 0.3 is 6.16 Å². The van der Waals surface area contributed by atoms with Crippen molar-refractivity contribution < 1.29 is 14.6 Å². The van der Waals surface area contributed by atoms with Gasteiger partial charge in [-0.2, -0.15) is 0 Å². The highest BCUT2D eigenvalue weighted by molar-refractivity contribution is 5.57. The van der Waals surface area contributed by atoms with E-state index in [4.69, 9.17) is 9.84 Å². The van der Waals surface area contributed by atoms with Crippen LogP contribution < -0.4 is 0 Å². The molecule has 0 saturated heterocycles. The number of hydrogen-bond donors (Lipinski definition) is 1. The molecule has 3 heteroatoms. The maximum atomic E-state index is 10.4. The number of carboxylic acid groups (broad SMARTS) is 1. The molecule has 0 heterocycles. The fourth-order valence-electron chi connectivity index (χ4n) is 1.53. The first-order valence-corrected chi connectivity index (χ1v) is 5.60. The molecule has 0 aliphatic carbocycles. The average Bonchev–Trinajstić information content (AvgIpc) is 2.12. The van der Waals surface area contributed by atoms with Crippen molar-refractivity contribution in [2.75, 3.05) is 0 Å². The van der Waals surface area contributed by atoms with E-state index >= 15 is 0 Å². The van der Waals surface area contributed by atoms with E-state index in [1.165, 1.54) is 19.3 Å². The van der Waals surface area contributed by atoms with E-state index in [1.807, 2.05) is 6.92 Å². The molecule has 0 saturated carbocycles. The van der Waals surface area contributed by atoms with Crippen molar-refractivity contribution in [3.63, 3.8) is 0 Å². The Kier molecular flexibility index (Phi) is 8.39. The summed E-state index contributed by atoms with van der Waals surface area (Å²) in [6.45, 7) is 4.21. The van der Waals surface area contributed by atoms with Crippen molar-refractivity contribution >= 4 is 6.16 Å². The van der Waals surface area contributed by atoms with Crippen LogP contribution in [0.5, 0.6) is 0 Å². The lowest BCUT2D eigenvalue weighted by molar-refractivity contribution is 0.0431. The van der Waals surface area contributed by atoms with E-state index in [2.05, 4.69) is 6.92 Å². The maximum absolute atomic E-state index is 10.4. The molecular formula is C11H22O3. The highest BCUT2D eigenvalue weighted by atomic mass is 16.7. The van der Waals surface area contributed by atoms with Crippen LogP contribution >= 0.6 is 0 Å².